The summed E-state index contributed by atoms with van der Waals surface area (Å²) < 4.78 is 0. The first-order valence-electron chi connectivity index (χ1n) is 5.39. The lowest BCUT2D eigenvalue weighted by molar-refractivity contribution is 0.199. The van der Waals surface area contributed by atoms with Crippen LogP contribution in [0.4, 0.5) is 4.79 Å². The second kappa shape index (κ2) is 3.77. The minimum atomic E-state index is -0.0746. The molecule has 0 unspecified atom stereocenters. The molecule has 80 valence electrons. The lowest BCUT2D eigenvalue weighted by atomic mass is 9.93. The van der Waals surface area contributed by atoms with Crippen molar-refractivity contribution in [3.05, 3.63) is 0 Å². The number of aliphatic hydroxyl groups excluding tert-OH is 1. The topological polar surface area (TPSA) is 61.4 Å². The zero-order valence-electron chi connectivity index (χ0n) is 8.38. The fraction of sp³-hybridized carbons (Fsp3) is 0.900. The van der Waals surface area contributed by atoms with E-state index in [-0.39, 0.29) is 18.1 Å². The number of amides is 2. The van der Waals surface area contributed by atoms with Gasteiger partial charge in [0.15, 0.2) is 0 Å². The predicted molar refractivity (Wildman–Crippen MR) is 52.9 cm³/mol. The van der Waals surface area contributed by atoms with Gasteiger partial charge in [-0.25, -0.2) is 4.79 Å². The van der Waals surface area contributed by atoms with Crippen LogP contribution in [0.5, 0.6) is 0 Å². The van der Waals surface area contributed by atoms with Crippen molar-refractivity contribution in [3.8, 4) is 0 Å². The zero-order valence-corrected chi connectivity index (χ0v) is 8.38. The van der Waals surface area contributed by atoms with Crippen molar-refractivity contribution < 1.29 is 9.90 Å². The Morgan fingerprint density at radius 3 is 2.57 bits per heavy atom. The largest absolute Gasteiger partial charge is 0.396 e. The Labute approximate surface area is 84.1 Å². The van der Waals surface area contributed by atoms with Crippen LogP contribution in [0.1, 0.15) is 32.1 Å². The van der Waals surface area contributed by atoms with E-state index in [1.807, 2.05) is 0 Å². The molecule has 4 heteroatoms. The van der Waals surface area contributed by atoms with Gasteiger partial charge >= 0.3 is 6.03 Å². The maximum atomic E-state index is 11.3. The summed E-state index contributed by atoms with van der Waals surface area (Å²) in [6.07, 6.45) is 5.52. The number of aliphatic hydroxyl groups is 1. The molecule has 0 spiro atoms. The van der Waals surface area contributed by atoms with E-state index in [0.717, 1.165) is 25.7 Å². The van der Waals surface area contributed by atoms with Gasteiger partial charge in [-0.3, -0.25) is 0 Å². The maximum absolute atomic E-state index is 11.3. The number of hydrogen-bond donors (Lipinski definition) is 3. The van der Waals surface area contributed by atoms with Crippen molar-refractivity contribution in [2.24, 2.45) is 5.41 Å². The van der Waals surface area contributed by atoms with Crippen molar-refractivity contribution in [3.63, 3.8) is 0 Å². The highest BCUT2D eigenvalue weighted by atomic mass is 16.3. The summed E-state index contributed by atoms with van der Waals surface area (Å²) in [6.45, 7) is 0.804. The summed E-state index contributed by atoms with van der Waals surface area (Å²) >= 11 is 0. The third-order valence-corrected chi connectivity index (χ3v) is 3.36. The third-order valence-electron chi connectivity index (χ3n) is 3.36. The zero-order chi connectivity index (χ0) is 10.0. The highest BCUT2D eigenvalue weighted by Crippen LogP contribution is 2.44. The van der Waals surface area contributed by atoms with Crippen LogP contribution in [0.25, 0.3) is 0 Å². The maximum Gasteiger partial charge on any atom is 0.315 e. The Morgan fingerprint density at radius 2 is 2.14 bits per heavy atom. The Morgan fingerprint density at radius 1 is 1.43 bits per heavy atom. The molecular formula is C10H18N2O2. The van der Waals surface area contributed by atoms with Gasteiger partial charge in [0.05, 0.1) is 6.61 Å². The van der Waals surface area contributed by atoms with E-state index < -0.39 is 0 Å². The first-order valence-corrected chi connectivity index (χ1v) is 5.39. The molecule has 0 atom stereocenters. The Hall–Kier alpha value is -0.770. The Bertz CT molecular complexity index is 222. The van der Waals surface area contributed by atoms with E-state index in [0.29, 0.717) is 12.6 Å². The molecule has 0 aromatic rings. The molecule has 0 heterocycles. The van der Waals surface area contributed by atoms with Gasteiger partial charge in [-0.2, -0.15) is 0 Å². The summed E-state index contributed by atoms with van der Waals surface area (Å²) in [5, 5.41) is 14.8. The highest BCUT2D eigenvalue weighted by Gasteiger charge is 2.42. The van der Waals surface area contributed by atoms with Gasteiger partial charge in [0.1, 0.15) is 0 Å². The standard InChI is InChI=1S/C10H18N2O2/c13-7-10(4-5-10)6-11-9(14)12-8-2-1-3-8/h8,13H,1-7H2,(H2,11,12,14). The van der Waals surface area contributed by atoms with Gasteiger partial charge in [0.2, 0.25) is 0 Å². The Kier molecular flexibility index (Phi) is 2.63. The number of nitrogens with one attached hydrogen (secondary N) is 2. The van der Waals surface area contributed by atoms with E-state index in [1.54, 1.807) is 0 Å². The van der Waals surface area contributed by atoms with E-state index >= 15 is 0 Å². The molecule has 4 nitrogen and oxygen atoms in total. The fourth-order valence-corrected chi connectivity index (χ4v) is 1.62. The van der Waals surface area contributed by atoms with Crippen LogP contribution in [-0.2, 0) is 0 Å². The van der Waals surface area contributed by atoms with Gasteiger partial charge in [-0.1, -0.05) is 0 Å². The average molecular weight is 198 g/mol. The molecule has 3 N–H and O–H groups in total. The van der Waals surface area contributed by atoms with Crippen LogP contribution >= 0.6 is 0 Å². The molecule has 0 aromatic heterocycles. The van der Waals surface area contributed by atoms with Crippen molar-refractivity contribution in [1.82, 2.24) is 10.6 Å². The number of rotatable bonds is 4. The Balaban J connectivity index is 1.62. The van der Waals surface area contributed by atoms with Gasteiger partial charge in [0.25, 0.3) is 0 Å². The van der Waals surface area contributed by atoms with Gasteiger partial charge in [-0.05, 0) is 32.1 Å². The van der Waals surface area contributed by atoms with Crippen molar-refractivity contribution >= 4 is 6.03 Å². The predicted octanol–water partition coefficient (Wildman–Crippen LogP) is 0.611. The SMILES string of the molecule is O=C(NCC1(CO)CC1)NC1CCC1. The molecule has 2 aliphatic rings. The smallest absolute Gasteiger partial charge is 0.315 e. The van der Waals surface area contributed by atoms with E-state index in [4.69, 9.17) is 5.11 Å². The molecule has 0 saturated heterocycles. The van der Waals surface area contributed by atoms with Gasteiger partial charge < -0.3 is 15.7 Å². The van der Waals surface area contributed by atoms with Crippen LogP contribution in [0.2, 0.25) is 0 Å². The van der Waals surface area contributed by atoms with Crippen LogP contribution < -0.4 is 10.6 Å². The summed E-state index contributed by atoms with van der Waals surface area (Å²) in [7, 11) is 0. The van der Waals surface area contributed by atoms with Crippen molar-refractivity contribution in [2.75, 3.05) is 13.2 Å². The molecule has 14 heavy (non-hydrogen) atoms. The number of carbonyl (C=O) groups excluding carboxylic acids is 1. The lowest BCUT2D eigenvalue weighted by Crippen LogP contribution is -2.46. The minimum absolute atomic E-state index is 0.0109. The van der Waals surface area contributed by atoms with Gasteiger partial charge in [0, 0.05) is 18.0 Å². The first-order chi connectivity index (χ1) is 6.74. The van der Waals surface area contributed by atoms with E-state index in [2.05, 4.69) is 10.6 Å². The molecule has 2 fully saturated rings. The summed E-state index contributed by atoms with van der Waals surface area (Å²) in [5.74, 6) is 0. The number of carbonyl (C=O) groups is 1. The first kappa shape index (κ1) is 9.77. The third kappa shape index (κ3) is 2.18. The average Bonchev–Trinajstić information content (AvgIpc) is 2.89. The number of hydrogen-bond acceptors (Lipinski definition) is 2. The molecule has 0 bridgehead atoms. The molecule has 0 aromatic carbocycles. The van der Waals surface area contributed by atoms with Crippen LogP contribution in [0, 0.1) is 5.41 Å². The van der Waals surface area contributed by atoms with Crippen LogP contribution in [0.15, 0.2) is 0 Å². The molecule has 2 saturated carbocycles. The molecule has 0 radical (unpaired) electrons. The number of urea groups is 1. The summed E-state index contributed by atoms with van der Waals surface area (Å²) in [6, 6.07) is 0.314. The second-order valence-corrected chi connectivity index (χ2v) is 4.61. The molecule has 2 aliphatic carbocycles. The normalized spacial score (nSPS) is 23.8. The summed E-state index contributed by atoms with van der Waals surface area (Å²) in [4.78, 5) is 11.3. The molecule has 2 rings (SSSR count). The van der Waals surface area contributed by atoms with Crippen molar-refractivity contribution in [1.29, 1.82) is 0 Å². The second-order valence-electron chi connectivity index (χ2n) is 4.61. The quantitative estimate of drug-likeness (QED) is 0.620. The molecule has 2 amide bonds. The van der Waals surface area contributed by atoms with Crippen LogP contribution in [0.3, 0.4) is 0 Å². The van der Waals surface area contributed by atoms with Crippen molar-refractivity contribution in [2.45, 2.75) is 38.1 Å². The lowest BCUT2D eigenvalue weighted by Gasteiger charge is -2.26. The van der Waals surface area contributed by atoms with Crippen LogP contribution in [-0.4, -0.2) is 30.3 Å². The van der Waals surface area contributed by atoms with E-state index in [1.165, 1.54) is 6.42 Å². The minimum Gasteiger partial charge on any atom is -0.396 e. The molecular weight excluding hydrogens is 180 g/mol. The summed E-state index contributed by atoms with van der Waals surface area (Å²) in [5.41, 5.74) is 0.0109. The van der Waals surface area contributed by atoms with Gasteiger partial charge in [-0.15, -0.1) is 0 Å². The highest BCUT2D eigenvalue weighted by molar-refractivity contribution is 5.74. The molecule has 0 aliphatic heterocycles. The van der Waals surface area contributed by atoms with E-state index in [9.17, 15) is 4.79 Å². The fourth-order valence-electron chi connectivity index (χ4n) is 1.62. The monoisotopic (exact) mass is 198 g/mol.